The number of hydrazone groups is 1. The average molecular weight is 371 g/mol. The second-order valence-electron chi connectivity index (χ2n) is 6.52. The van der Waals surface area contributed by atoms with Gasteiger partial charge in [-0.1, -0.05) is 38.1 Å². The normalized spacial score (nSPS) is 16.7. The summed E-state index contributed by atoms with van der Waals surface area (Å²) in [5, 5.41) is 6.04. The van der Waals surface area contributed by atoms with Crippen molar-refractivity contribution < 1.29 is 13.6 Å². The highest BCUT2D eigenvalue weighted by Crippen LogP contribution is 2.33. The van der Waals surface area contributed by atoms with Crippen LogP contribution in [0.3, 0.4) is 0 Å². The molecule has 1 heterocycles. The monoisotopic (exact) mass is 371 g/mol. The molecule has 0 unspecified atom stereocenters. The molecule has 0 aliphatic carbocycles. The first-order chi connectivity index (χ1) is 13.0. The van der Waals surface area contributed by atoms with Crippen molar-refractivity contribution in [3.05, 3.63) is 71.3 Å². The minimum absolute atomic E-state index is 0.106. The van der Waals surface area contributed by atoms with Crippen molar-refractivity contribution in [1.82, 2.24) is 9.91 Å². The summed E-state index contributed by atoms with van der Waals surface area (Å²) in [6.45, 7) is 5.82. The number of amides is 1. The van der Waals surface area contributed by atoms with E-state index in [1.807, 2.05) is 18.7 Å². The highest BCUT2D eigenvalue weighted by Gasteiger charge is 2.33. The summed E-state index contributed by atoms with van der Waals surface area (Å²) in [6.07, 6.45) is 0.501. The molecule has 1 amide bonds. The Hall–Kier alpha value is -2.60. The van der Waals surface area contributed by atoms with Crippen LogP contribution in [-0.4, -0.2) is 41.2 Å². The molecule has 0 radical (unpaired) electrons. The third-order valence-electron chi connectivity index (χ3n) is 4.85. The van der Waals surface area contributed by atoms with Gasteiger partial charge in [-0.15, -0.1) is 0 Å². The minimum Gasteiger partial charge on any atom is -0.295 e. The zero-order valence-corrected chi connectivity index (χ0v) is 15.5. The Morgan fingerprint density at radius 2 is 1.59 bits per heavy atom. The third kappa shape index (κ3) is 4.39. The van der Waals surface area contributed by atoms with Crippen LogP contribution >= 0.6 is 0 Å². The second kappa shape index (κ2) is 8.39. The van der Waals surface area contributed by atoms with Crippen molar-refractivity contribution in [3.63, 3.8) is 0 Å². The molecule has 27 heavy (non-hydrogen) atoms. The van der Waals surface area contributed by atoms with Crippen LogP contribution in [0.2, 0.25) is 0 Å². The lowest BCUT2D eigenvalue weighted by atomic mass is 9.98. The second-order valence-corrected chi connectivity index (χ2v) is 6.52. The lowest BCUT2D eigenvalue weighted by Crippen LogP contribution is -2.38. The molecule has 142 valence electrons. The van der Waals surface area contributed by atoms with Crippen LogP contribution in [0, 0.1) is 11.6 Å². The predicted molar refractivity (Wildman–Crippen MR) is 101 cm³/mol. The van der Waals surface area contributed by atoms with E-state index in [1.165, 1.54) is 29.3 Å². The van der Waals surface area contributed by atoms with E-state index >= 15 is 0 Å². The highest BCUT2D eigenvalue weighted by molar-refractivity contribution is 6.03. The van der Waals surface area contributed by atoms with Crippen molar-refractivity contribution in [2.45, 2.75) is 26.3 Å². The van der Waals surface area contributed by atoms with Crippen molar-refractivity contribution in [2.24, 2.45) is 5.10 Å². The lowest BCUT2D eigenvalue weighted by molar-refractivity contribution is -0.134. The van der Waals surface area contributed by atoms with Gasteiger partial charge in [-0.2, -0.15) is 5.10 Å². The van der Waals surface area contributed by atoms with E-state index in [2.05, 4.69) is 5.10 Å². The Bertz CT molecular complexity index is 814. The Labute approximate surface area is 158 Å². The molecule has 0 fully saturated rings. The Morgan fingerprint density at radius 1 is 1.04 bits per heavy atom. The van der Waals surface area contributed by atoms with E-state index in [9.17, 15) is 13.6 Å². The smallest absolute Gasteiger partial charge is 0.257 e. The molecule has 1 atom stereocenters. The number of carbonyl (C=O) groups is 1. The van der Waals surface area contributed by atoms with Crippen molar-refractivity contribution in [2.75, 3.05) is 19.6 Å². The van der Waals surface area contributed by atoms with Gasteiger partial charge in [0.25, 0.3) is 5.91 Å². The van der Waals surface area contributed by atoms with Crippen LogP contribution in [0.15, 0.2) is 53.6 Å². The Kier molecular flexibility index (Phi) is 5.96. The van der Waals surface area contributed by atoms with Crippen LogP contribution < -0.4 is 0 Å². The third-order valence-corrected chi connectivity index (χ3v) is 4.85. The molecule has 0 aromatic heterocycles. The SMILES string of the molecule is CCN(CC)CC(=O)N1N=C(c2ccc(F)cc2)C[C@H]1c1ccc(F)cc1. The van der Waals surface area contributed by atoms with E-state index in [1.54, 1.807) is 24.3 Å². The standard InChI is InChI=1S/C21H23F2N3O/c1-3-25(4-2)14-21(27)26-20(16-7-11-18(23)12-8-16)13-19(24-26)15-5-9-17(22)10-6-15/h5-12,20H,3-4,13-14H2,1-2H3/t20-/m0/s1. The largest absolute Gasteiger partial charge is 0.295 e. The fraction of sp³-hybridized carbons (Fsp3) is 0.333. The fourth-order valence-electron chi connectivity index (χ4n) is 3.21. The molecule has 1 aliphatic rings. The molecule has 2 aromatic rings. The molecule has 2 aromatic carbocycles. The van der Waals surface area contributed by atoms with E-state index in [0.717, 1.165) is 29.9 Å². The van der Waals surface area contributed by atoms with Gasteiger partial charge in [0, 0.05) is 6.42 Å². The van der Waals surface area contributed by atoms with Crippen LogP contribution in [0.5, 0.6) is 0 Å². The quantitative estimate of drug-likeness (QED) is 0.770. The van der Waals surface area contributed by atoms with Gasteiger partial charge in [0.2, 0.25) is 0 Å². The number of hydrogen-bond donors (Lipinski definition) is 0. The summed E-state index contributed by atoms with van der Waals surface area (Å²) in [6, 6.07) is 11.9. The number of hydrogen-bond acceptors (Lipinski definition) is 3. The highest BCUT2D eigenvalue weighted by atomic mass is 19.1. The summed E-state index contributed by atoms with van der Waals surface area (Å²) in [4.78, 5) is 14.9. The van der Waals surface area contributed by atoms with Gasteiger partial charge in [-0.3, -0.25) is 9.69 Å². The van der Waals surface area contributed by atoms with E-state index < -0.39 is 0 Å². The molecular formula is C21H23F2N3O. The Balaban J connectivity index is 1.90. The van der Waals surface area contributed by atoms with Gasteiger partial charge in [-0.05, 0) is 48.5 Å². The topological polar surface area (TPSA) is 35.9 Å². The molecule has 3 rings (SSSR count). The maximum absolute atomic E-state index is 13.3. The summed E-state index contributed by atoms with van der Waals surface area (Å²) >= 11 is 0. The zero-order chi connectivity index (χ0) is 19.4. The minimum atomic E-state index is -0.322. The van der Waals surface area contributed by atoms with Crippen LogP contribution in [0.4, 0.5) is 8.78 Å². The van der Waals surface area contributed by atoms with Crippen LogP contribution in [-0.2, 0) is 4.79 Å². The number of carbonyl (C=O) groups excluding carboxylic acids is 1. The molecule has 0 spiro atoms. The molecule has 6 heteroatoms. The number of halogens is 2. The predicted octanol–water partition coefficient (Wildman–Crippen LogP) is 3.98. The maximum Gasteiger partial charge on any atom is 0.257 e. The number of benzene rings is 2. The Morgan fingerprint density at radius 3 is 2.15 bits per heavy atom. The van der Waals surface area contributed by atoms with E-state index in [-0.39, 0.29) is 30.1 Å². The molecular weight excluding hydrogens is 348 g/mol. The molecule has 0 N–H and O–H groups in total. The van der Waals surface area contributed by atoms with Gasteiger partial charge in [0.1, 0.15) is 11.6 Å². The molecule has 0 bridgehead atoms. The first-order valence-electron chi connectivity index (χ1n) is 9.15. The number of rotatable bonds is 6. The van der Waals surface area contributed by atoms with Gasteiger partial charge >= 0.3 is 0 Å². The van der Waals surface area contributed by atoms with Gasteiger partial charge < -0.3 is 0 Å². The first kappa shape index (κ1) is 19.2. The summed E-state index contributed by atoms with van der Waals surface area (Å²) in [5.41, 5.74) is 2.32. The van der Waals surface area contributed by atoms with Gasteiger partial charge in [0.05, 0.1) is 18.3 Å². The molecule has 0 saturated carbocycles. The van der Waals surface area contributed by atoms with E-state index in [0.29, 0.717) is 6.42 Å². The van der Waals surface area contributed by atoms with Crippen molar-refractivity contribution in [3.8, 4) is 0 Å². The van der Waals surface area contributed by atoms with Gasteiger partial charge in [0.15, 0.2) is 0 Å². The number of likely N-dealkylation sites (N-methyl/N-ethyl adjacent to an activating group) is 1. The van der Waals surface area contributed by atoms with Crippen LogP contribution in [0.25, 0.3) is 0 Å². The summed E-state index contributed by atoms with van der Waals surface area (Å²) in [7, 11) is 0. The maximum atomic E-state index is 13.3. The molecule has 1 aliphatic heterocycles. The summed E-state index contributed by atoms with van der Waals surface area (Å²) in [5.74, 6) is -0.746. The first-order valence-corrected chi connectivity index (χ1v) is 9.15. The summed E-state index contributed by atoms with van der Waals surface area (Å²) < 4.78 is 26.6. The van der Waals surface area contributed by atoms with Crippen molar-refractivity contribution >= 4 is 11.6 Å². The molecule has 0 saturated heterocycles. The fourth-order valence-corrected chi connectivity index (χ4v) is 3.21. The van der Waals surface area contributed by atoms with Gasteiger partial charge in [-0.25, -0.2) is 13.8 Å². The average Bonchev–Trinajstić information content (AvgIpc) is 3.12. The molecule has 4 nitrogen and oxygen atoms in total. The zero-order valence-electron chi connectivity index (χ0n) is 15.5. The lowest BCUT2D eigenvalue weighted by Gasteiger charge is -2.25. The van der Waals surface area contributed by atoms with E-state index in [4.69, 9.17) is 0 Å². The number of nitrogens with zero attached hydrogens (tertiary/aromatic N) is 3. The van der Waals surface area contributed by atoms with Crippen LogP contribution in [0.1, 0.15) is 37.4 Å². The van der Waals surface area contributed by atoms with Crippen molar-refractivity contribution in [1.29, 1.82) is 0 Å².